The van der Waals surface area contributed by atoms with E-state index < -0.39 is 6.04 Å². The molecule has 0 unspecified atom stereocenters. The molecule has 0 saturated carbocycles. The normalized spacial score (nSPS) is 22.1. The summed E-state index contributed by atoms with van der Waals surface area (Å²) >= 11 is 5.72. The summed E-state index contributed by atoms with van der Waals surface area (Å²) in [5, 5.41) is 0.251. The molecule has 0 spiro atoms. The van der Waals surface area contributed by atoms with Crippen molar-refractivity contribution in [3.8, 4) is 0 Å². The lowest BCUT2D eigenvalue weighted by molar-refractivity contribution is 0.791. The van der Waals surface area contributed by atoms with E-state index in [1.54, 1.807) is 0 Å². The maximum Gasteiger partial charge on any atom is 0.00235 e. The van der Waals surface area contributed by atoms with E-state index in [0.29, 0.717) is 0 Å². The van der Waals surface area contributed by atoms with Gasteiger partial charge in [0.05, 0.1) is 0 Å². The third kappa shape index (κ3) is 1.58. The summed E-state index contributed by atoms with van der Waals surface area (Å²) in [5.41, 5.74) is 2.77. The van der Waals surface area contributed by atoms with E-state index >= 15 is 0 Å². The SMILES string of the molecule is CC1=CP(=S)(C(C)(C)C)C=C1C. The lowest BCUT2D eigenvalue weighted by atomic mass is 10.2. The van der Waals surface area contributed by atoms with Crippen LogP contribution in [0.25, 0.3) is 0 Å². The highest BCUT2D eigenvalue weighted by molar-refractivity contribution is 8.18. The molecule has 0 nitrogen and oxygen atoms in total. The van der Waals surface area contributed by atoms with Gasteiger partial charge in [0.25, 0.3) is 0 Å². The van der Waals surface area contributed by atoms with E-state index in [1.807, 2.05) is 0 Å². The molecule has 0 aromatic rings. The van der Waals surface area contributed by atoms with Crippen molar-refractivity contribution in [1.29, 1.82) is 0 Å². The zero-order valence-electron chi connectivity index (χ0n) is 8.51. The van der Waals surface area contributed by atoms with Gasteiger partial charge in [-0.05, 0) is 41.8 Å². The van der Waals surface area contributed by atoms with E-state index in [0.717, 1.165) is 0 Å². The van der Waals surface area contributed by atoms with Crippen LogP contribution in [0.2, 0.25) is 0 Å². The Hall–Kier alpha value is 0.130. The van der Waals surface area contributed by atoms with Gasteiger partial charge < -0.3 is 0 Å². The van der Waals surface area contributed by atoms with Gasteiger partial charge in [-0.1, -0.05) is 32.6 Å². The minimum Gasteiger partial charge on any atom is -0.0883 e. The highest BCUT2D eigenvalue weighted by atomic mass is 32.4. The highest BCUT2D eigenvalue weighted by Crippen LogP contribution is 2.65. The molecule has 0 fully saturated rings. The third-order valence-electron chi connectivity index (χ3n) is 2.44. The summed E-state index contributed by atoms with van der Waals surface area (Å²) in [6.07, 6.45) is 0. The number of allylic oxidation sites excluding steroid dienone is 2. The van der Waals surface area contributed by atoms with Crippen LogP contribution < -0.4 is 0 Å². The molecule has 0 aliphatic carbocycles. The molecule has 0 N–H and O–H groups in total. The molecular formula is C10H17PS. The predicted octanol–water partition coefficient (Wildman–Crippen LogP) is 4.09. The van der Waals surface area contributed by atoms with E-state index in [-0.39, 0.29) is 5.16 Å². The Kier molecular flexibility index (Phi) is 2.40. The number of hydrogen-bond acceptors (Lipinski definition) is 1. The van der Waals surface area contributed by atoms with Crippen molar-refractivity contribution in [2.75, 3.05) is 0 Å². The van der Waals surface area contributed by atoms with E-state index in [2.05, 4.69) is 46.3 Å². The van der Waals surface area contributed by atoms with E-state index in [4.69, 9.17) is 11.8 Å². The molecular weight excluding hydrogens is 183 g/mol. The minimum atomic E-state index is -1.36. The van der Waals surface area contributed by atoms with Gasteiger partial charge in [-0.2, -0.15) is 0 Å². The monoisotopic (exact) mass is 200 g/mol. The van der Waals surface area contributed by atoms with Crippen molar-refractivity contribution < 1.29 is 0 Å². The first kappa shape index (κ1) is 10.2. The van der Waals surface area contributed by atoms with Crippen LogP contribution in [0.1, 0.15) is 34.6 Å². The van der Waals surface area contributed by atoms with Gasteiger partial charge in [0.2, 0.25) is 0 Å². The summed E-state index contributed by atoms with van der Waals surface area (Å²) in [7, 11) is 0. The van der Waals surface area contributed by atoms with Gasteiger partial charge >= 0.3 is 0 Å². The first-order valence-corrected chi connectivity index (χ1v) is 7.19. The lowest BCUT2D eigenvalue weighted by Gasteiger charge is -2.28. The van der Waals surface area contributed by atoms with Crippen LogP contribution in [0.4, 0.5) is 0 Å². The van der Waals surface area contributed by atoms with Crippen molar-refractivity contribution in [2.24, 2.45) is 0 Å². The van der Waals surface area contributed by atoms with Gasteiger partial charge in [-0.25, -0.2) is 0 Å². The first-order chi connectivity index (χ1) is 5.26. The molecule has 0 atom stereocenters. The van der Waals surface area contributed by atoms with Crippen LogP contribution in [0.3, 0.4) is 0 Å². The van der Waals surface area contributed by atoms with Crippen LogP contribution in [-0.2, 0) is 11.8 Å². The van der Waals surface area contributed by atoms with Gasteiger partial charge in [0, 0.05) is 6.04 Å². The molecule has 2 heteroatoms. The van der Waals surface area contributed by atoms with Crippen LogP contribution >= 0.6 is 6.04 Å². The summed E-state index contributed by atoms with van der Waals surface area (Å²) in [5.74, 6) is 4.63. The molecule has 0 bridgehead atoms. The Morgan fingerprint density at radius 1 is 1.08 bits per heavy atom. The molecule has 1 rings (SSSR count). The highest BCUT2D eigenvalue weighted by Gasteiger charge is 2.30. The van der Waals surface area contributed by atoms with Gasteiger partial charge in [0.15, 0.2) is 0 Å². The third-order valence-corrected chi connectivity index (χ3v) is 8.36. The molecule has 1 aliphatic heterocycles. The summed E-state index contributed by atoms with van der Waals surface area (Å²) in [4.78, 5) is 0. The van der Waals surface area contributed by atoms with Crippen LogP contribution in [0, 0.1) is 0 Å². The smallest absolute Gasteiger partial charge is 0.00235 e. The zero-order chi connectivity index (χ0) is 9.57. The molecule has 12 heavy (non-hydrogen) atoms. The number of hydrogen-bond donors (Lipinski definition) is 0. The Bertz CT molecular complexity index is 280. The first-order valence-electron chi connectivity index (χ1n) is 4.25. The fraction of sp³-hybridized carbons (Fsp3) is 0.600. The van der Waals surface area contributed by atoms with Crippen molar-refractivity contribution in [1.82, 2.24) is 0 Å². The molecule has 0 saturated heterocycles. The quantitative estimate of drug-likeness (QED) is 0.531. The van der Waals surface area contributed by atoms with E-state index in [1.165, 1.54) is 11.1 Å². The van der Waals surface area contributed by atoms with Gasteiger partial charge in [-0.15, -0.1) is 0 Å². The predicted molar refractivity (Wildman–Crippen MR) is 61.6 cm³/mol. The molecule has 1 aliphatic rings. The molecule has 0 amide bonds. The average Bonchev–Trinajstić information content (AvgIpc) is 2.06. The Labute approximate surface area is 80.8 Å². The lowest BCUT2D eigenvalue weighted by Crippen LogP contribution is -2.10. The zero-order valence-corrected chi connectivity index (χ0v) is 10.2. The topological polar surface area (TPSA) is 0 Å². The standard InChI is InChI=1S/C10H17PS/c1-8-6-11(12,7-9(8)2)10(3,4)5/h6-7H,1-5H3. The second-order valence-corrected chi connectivity index (χ2v) is 9.59. The van der Waals surface area contributed by atoms with Crippen LogP contribution in [-0.4, -0.2) is 5.16 Å². The number of rotatable bonds is 0. The van der Waals surface area contributed by atoms with Crippen molar-refractivity contribution in [2.45, 2.75) is 39.8 Å². The Morgan fingerprint density at radius 2 is 1.42 bits per heavy atom. The summed E-state index contributed by atoms with van der Waals surface area (Å²) in [6, 6.07) is -1.36. The fourth-order valence-electron chi connectivity index (χ4n) is 1.20. The minimum absolute atomic E-state index is 0.251. The van der Waals surface area contributed by atoms with Crippen LogP contribution in [0.5, 0.6) is 0 Å². The van der Waals surface area contributed by atoms with Crippen molar-refractivity contribution in [3.05, 3.63) is 22.8 Å². The molecule has 0 aromatic carbocycles. The molecule has 0 radical (unpaired) electrons. The Balaban J connectivity index is 3.18. The summed E-state index contributed by atoms with van der Waals surface area (Å²) < 4.78 is 0. The van der Waals surface area contributed by atoms with Crippen molar-refractivity contribution in [3.63, 3.8) is 0 Å². The fourth-order valence-corrected chi connectivity index (χ4v) is 4.56. The molecule has 0 aromatic heterocycles. The van der Waals surface area contributed by atoms with Crippen LogP contribution in [0.15, 0.2) is 22.8 Å². The molecule has 1 heterocycles. The van der Waals surface area contributed by atoms with Gasteiger partial charge in [0.1, 0.15) is 0 Å². The van der Waals surface area contributed by atoms with Gasteiger partial charge in [-0.3, -0.25) is 0 Å². The van der Waals surface area contributed by atoms with Crippen molar-refractivity contribution >= 4 is 17.8 Å². The van der Waals surface area contributed by atoms with E-state index in [9.17, 15) is 0 Å². The molecule has 68 valence electrons. The summed E-state index contributed by atoms with van der Waals surface area (Å²) in [6.45, 7) is 11.0. The Morgan fingerprint density at radius 3 is 1.58 bits per heavy atom. The second-order valence-electron chi connectivity index (χ2n) is 4.50. The second kappa shape index (κ2) is 2.82. The average molecular weight is 200 g/mol. The largest absolute Gasteiger partial charge is 0.0883 e. The maximum absolute atomic E-state index is 5.72. The maximum atomic E-state index is 5.72.